The highest BCUT2D eigenvalue weighted by Crippen LogP contribution is 2.23. The third-order valence-electron chi connectivity index (χ3n) is 2.96. The Bertz CT molecular complexity index is 571. The molecule has 1 saturated heterocycles. The van der Waals surface area contributed by atoms with Crippen LogP contribution in [0.1, 0.15) is 6.92 Å². The molecule has 0 atom stereocenters. The van der Waals surface area contributed by atoms with Gasteiger partial charge in [-0.25, -0.2) is 9.78 Å². The summed E-state index contributed by atoms with van der Waals surface area (Å²) in [6, 6.07) is 3.17. The van der Waals surface area contributed by atoms with E-state index >= 15 is 0 Å². The van der Waals surface area contributed by atoms with Crippen molar-refractivity contribution < 1.29 is 32.3 Å². The molecule has 23 heavy (non-hydrogen) atoms. The van der Waals surface area contributed by atoms with Crippen molar-refractivity contribution in [2.24, 2.45) is 5.92 Å². The molecule has 0 aliphatic carbocycles. The Kier molecular flexibility index (Phi) is 5.04. The summed E-state index contributed by atoms with van der Waals surface area (Å²) in [4.78, 5) is 30.5. The number of nitrogens with zero attached hydrogens (tertiary/aromatic N) is 2. The van der Waals surface area contributed by atoms with Crippen LogP contribution in [0, 0.1) is 5.92 Å². The lowest BCUT2D eigenvalue weighted by Crippen LogP contribution is -2.53. The second kappa shape index (κ2) is 6.82. The van der Waals surface area contributed by atoms with Gasteiger partial charge in [-0.2, -0.15) is 13.2 Å². The monoisotopic (exact) mass is 333 g/mol. The highest BCUT2D eigenvalue weighted by atomic mass is 19.4. The average molecular weight is 333 g/mol. The molecule has 1 aliphatic rings. The van der Waals surface area contributed by atoms with Gasteiger partial charge in [-0.05, 0) is 19.1 Å². The Labute approximate surface area is 129 Å². The zero-order valence-electron chi connectivity index (χ0n) is 12.1. The van der Waals surface area contributed by atoms with E-state index in [0.717, 1.165) is 5.06 Å². The van der Waals surface area contributed by atoms with Crippen LogP contribution in [0.25, 0.3) is 0 Å². The van der Waals surface area contributed by atoms with Gasteiger partial charge in [0.05, 0.1) is 18.7 Å². The Morgan fingerprint density at radius 3 is 2.61 bits per heavy atom. The Hall–Kier alpha value is -2.36. The maximum absolute atomic E-state index is 12.0. The molecule has 1 fully saturated rings. The van der Waals surface area contributed by atoms with Crippen LogP contribution in [0.3, 0.4) is 0 Å². The SMILES string of the molecule is CCOc1ccc(NC(=O)C2CN(OC(=O)C(F)(F)F)C2)nc1. The molecule has 1 aromatic heterocycles. The number of pyridine rings is 1. The smallest absolute Gasteiger partial charge is 0.492 e. The molecular weight excluding hydrogens is 319 g/mol. The Balaban J connectivity index is 1.77. The molecule has 0 unspecified atom stereocenters. The number of halogens is 3. The summed E-state index contributed by atoms with van der Waals surface area (Å²) in [6.45, 7) is 2.10. The number of hydrogen-bond donors (Lipinski definition) is 1. The molecule has 2 rings (SSSR count). The van der Waals surface area contributed by atoms with E-state index in [-0.39, 0.29) is 13.1 Å². The minimum absolute atomic E-state index is 0.106. The van der Waals surface area contributed by atoms with Crippen molar-refractivity contribution in [3.63, 3.8) is 0 Å². The summed E-state index contributed by atoms with van der Waals surface area (Å²) in [5.41, 5.74) is 0. The molecule has 10 heteroatoms. The fourth-order valence-electron chi connectivity index (χ4n) is 1.78. The predicted molar refractivity (Wildman–Crippen MR) is 71.2 cm³/mol. The van der Waals surface area contributed by atoms with Crippen LogP contribution in [0.4, 0.5) is 19.0 Å². The van der Waals surface area contributed by atoms with Crippen molar-refractivity contribution in [3.8, 4) is 5.75 Å². The predicted octanol–water partition coefficient (Wildman–Crippen LogP) is 1.37. The lowest BCUT2D eigenvalue weighted by molar-refractivity contribution is -0.256. The van der Waals surface area contributed by atoms with E-state index in [9.17, 15) is 22.8 Å². The molecule has 0 spiro atoms. The first kappa shape index (κ1) is 17.0. The number of aromatic nitrogens is 1. The number of amides is 1. The molecule has 1 aromatic rings. The zero-order chi connectivity index (χ0) is 17.0. The molecule has 7 nitrogen and oxygen atoms in total. The fraction of sp³-hybridized carbons (Fsp3) is 0.462. The number of carbonyl (C=O) groups excluding carboxylic acids is 2. The molecule has 1 aliphatic heterocycles. The summed E-state index contributed by atoms with van der Waals surface area (Å²) in [7, 11) is 0. The zero-order valence-corrected chi connectivity index (χ0v) is 12.1. The maximum atomic E-state index is 12.0. The van der Waals surface area contributed by atoms with Gasteiger partial charge in [-0.3, -0.25) is 4.79 Å². The maximum Gasteiger partial charge on any atom is 0.492 e. The summed E-state index contributed by atoms with van der Waals surface area (Å²) >= 11 is 0. The number of nitrogens with one attached hydrogen (secondary N) is 1. The van der Waals surface area contributed by atoms with E-state index in [2.05, 4.69) is 15.1 Å². The van der Waals surface area contributed by atoms with Gasteiger partial charge in [-0.15, -0.1) is 5.06 Å². The standard InChI is InChI=1S/C13H14F3N3O4/c1-2-22-9-3-4-10(17-5-9)18-11(20)8-6-19(7-8)23-12(21)13(14,15)16/h3-5,8H,2,6-7H2,1H3,(H,17,18,20). The number of alkyl halides is 3. The van der Waals surface area contributed by atoms with Crippen molar-refractivity contribution in [2.75, 3.05) is 25.0 Å². The van der Waals surface area contributed by atoms with Crippen LogP contribution in [0.5, 0.6) is 5.75 Å². The van der Waals surface area contributed by atoms with Gasteiger partial charge < -0.3 is 14.9 Å². The highest BCUT2D eigenvalue weighted by Gasteiger charge is 2.45. The normalized spacial score (nSPS) is 15.7. The number of hydrogen-bond acceptors (Lipinski definition) is 6. The van der Waals surface area contributed by atoms with Gasteiger partial charge in [-0.1, -0.05) is 0 Å². The first-order valence-corrected chi connectivity index (χ1v) is 6.73. The van der Waals surface area contributed by atoms with Crippen molar-refractivity contribution >= 4 is 17.7 Å². The van der Waals surface area contributed by atoms with E-state index in [4.69, 9.17) is 4.74 Å². The highest BCUT2D eigenvalue weighted by molar-refractivity contribution is 5.92. The van der Waals surface area contributed by atoms with E-state index < -0.39 is 24.0 Å². The lowest BCUT2D eigenvalue weighted by Gasteiger charge is -2.35. The van der Waals surface area contributed by atoms with Crippen LogP contribution in [-0.4, -0.2) is 47.8 Å². The van der Waals surface area contributed by atoms with Crippen molar-refractivity contribution in [1.29, 1.82) is 0 Å². The molecule has 126 valence electrons. The molecule has 2 heterocycles. The van der Waals surface area contributed by atoms with Gasteiger partial charge in [0.25, 0.3) is 0 Å². The number of hydroxylamine groups is 2. The van der Waals surface area contributed by atoms with Crippen LogP contribution in [-0.2, 0) is 14.4 Å². The molecule has 1 N–H and O–H groups in total. The minimum Gasteiger partial charge on any atom is -0.492 e. The van der Waals surface area contributed by atoms with E-state index in [1.165, 1.54) is 6.20 Å². The molecular formula is C13H14F3N3O4. The third-order valence-corrected chi connectivity index (χ3v) is 2.96. The van der Waals surface area contributed by atoms with Crippen LogP contribution in [0.15, 0.2) is 18.3 Å². The van der Waals surface area contributed by atoms with Gasteiger partial charge in [0.1, 0.15) is 11.6 Å². The Morgan fingerprint density at radius 1 is 1.39 bits per heavy atom. The lowest BCUT2D eigenvalue weighted by atomic mass is 10.0. The van der Waals surface area contributed by atoms with E-state index in [1.807, 2.05) is 6.92 Å². The molecule has 0 saturated carbocycles. The fourth-order valence-corrected chi connectivity index (χ4v) is 1.78. The minimum atomic E-state index is -5.06. The van der Waals surface area contributed by atoms with Crippen molar-refractivity contribution in [2.45, 2.75) is 13.1 Å². The van der Waals surface area contributed by atoms with Crippen molar-refractivity contribution in [1.82, 2.24) is 10.0 Å². The first-order valence-electron chi connectivity index (χ1n) is 6.73. The van der Waals surface area contributed by atoms with Gasteiger partial charge >= 0.3 is 12.1 Å². The van der Waals surface area contributed by atoms with Gasteiger partial charge in [0.15, 0.2) is 0 Å². The third kappa shape index (κ3) is 4.55. The second-order valence-corrected chi connectivity index (χ2v) is 4.72. The summed E-state index contributed by atoms with van der Waals surface area (Å²) in [5, 5.41) is 3.31. The van der Waals surface area contributed by atoms with Gasteiger partial charge in [0.2, 0.25) is 5.91 Å². The molecule has 0 radical (unpaired) electrons. The number of rotatable bonds is 5. The quantitative estimate of drug-likeness (QED) is 0.877. The molecule has 0 aromatic carbocycles. The topological polar surface area (TPSA) is 80.8 Å². The first-order chi connectivity index (χ1) is 10.8. The summed E-state index contributed by atoms with van der Waals surface area (Å²) < 4.78 is 41.2. The number of ether oxygens (including phenoxy) is 1. The van der Waals surface area contributed by atoms with Gasteiger partial charge in [0, 0.05) is 13.1 Å². The van der Waals surface area contributed by atoms with Crippen LogP contribution in [0.2, 0.25) is 0 Å². The van der Waals surface area contributed by atoms with E-state index in [1.54, 1.807) is 12.1 Å². The summed E-state index contributed by atoms with van der Waals surface area (Å²) in [6.07, 6.45) is -3.61. The molecule has 1 amide bonds. The van der Waals surface area contributed by atoms with Crippen LogP contribution < -0.4 is 10.1 Å². The van der Waals surface area contributed by atoms with E-state index in [0.29, 0.717) is 18.2 Å². The number of anilines is 1. The molecule has 0 bridgehead atoms. The second-order valence-electron chi connectivity index (χ2n) is 4.72. The number of carbonyl (C=O) groups is 2. The Morgan fingerprint density at radius 2 is 2.09 bits per heavy atom. The van der Waals surface area contributed by atoms with Crippen molar-refractivity contribution in [3.05, 3.63) is 18.3 Å². The van der Waals surface area contributed by atoms with Crippen LogP contribution >= 0.6 is 0 Å². The summed E-state index contributed by atoms with van der Waals surface area (Å²) in [5.74, 6) is -2.45. The average Bonchev–Trinajstić information content (AvgIpc) is 2.43. The largest absolute Gasteiger partial charge is 0.492 e.